The summed E-state index contributed by atoms with van der Waals surface area (Å²) < 4.78 is 5.41. The number of benzene rings is 1. The fourth-order valence-corrected chi connectivity index (χ4v) is 2.65. The first-order chi connectivity index (χ1) is 8.58. The van der Waals surface area contributed by atoms with Crippen LogP contribution in [-0.2, 0) is 4.74 Å². The smallest absolute Gasteiger partial charge is 0.0507 e. The van der Waals surface area contributed by atoms with Gasteiger partial charge in [-0.1, -0.05) is 12.1 Å². The predicted octanol–water partition coefficient (Wildman–Crippen LogP) is 3.30. The molecule has 1 heterocycles. The average molecular weight is 247 g/mol. The Morgan fingerprint density at radius 2 is 1.94 bits per heavy atom. The number of rotatable bonds is 4. The van der Waals surface area contributed by atoms with Crippen molar-refractivity contribution in [1.82, 2.24) is 5.32 Å². The van der Waals surface area contributed by atoms with E-state index in [1.165, 1.54) is 28.7 Å². The van der Waals surface area contributed by atoms with Crippen molar-refractivity contribution in [3.63, 3.8) is 0 Å². The highest BCUT2D eigenvalue weighted by Gasteiger charge is 2.17. The summed E-state index contributed by atoms with van der Waals surface area (Å²) in [6, 6.07) is 5.04. The number of nitrogens with one attached hydrogen (secondary N) is 1. The molecule has 18 heavy (non-hydrogen) atoms. The van der Waals surface area contributed by atoms with Crippen LogP contribution in [0.1, 0.15) is 41.6 Å². The van der Waals surface area contributed by atoms with E-state index in [2.05, 4.69) is 45.1 Å². The maximum atomic E-state index is 5.41. The summed E-state index contributed by atoms with van der Waals surface area (Å²) >= 11 is 0. The van der Waals surface area contributed by atoms with E-state index >= 15 is 0 Å². The predicted molar refractivity (Wildman–Crippen MR) is 76.0 cm³/mol. The van der Waals surface area contributed by atoms with Crippen LogP contribution in [0.2, 0.25) is 0 Å². The Hall–Kier alpha value is -0.860. The van der Waals surface area contributed by atoms with Gasteiger partial charge < -0.3 is 10.1 Å². The Bertz CT molecular complexity index is 408. The maximum absolute atomic E-state index is 5.41. The van der Waals surface area contributed by atoms with Gasteiger partial charge in [-0.3, -0.25) is 0 Å². The van der Waals surface area contributed by atoms with Crippen LogP contribution in [0.15, 0.2) is 12.1 Å². The van der Waals surface area contributed by atoms with Gasteiger partial charge in [0.1, 0.15) is 0 Å². The van der Waals surface area contributed by atoms with Gasteiger partial charge in [-0.25, -0.2) is 0 Å². The maximum Gasteiger partial charge on any atom is 0.0507 e. The Balaban J connectivity index is 1.99. The van der Waals surface area contributed by atoms with Gasteiger partial charge in [-0.15, -0.1) is 0 Å². The molecule has 0 aromatic heterocycles. The molecule has 0 bridgehead atoms. The minimum Gasteiger partial charge on any atom is -0.381 e. The van der Waals surface area contributed by atoms with E-state index in [1.807, 2.05) is 0 Å². The van der Waals surface area contributed by atoms with Crippen molar-refractivity contribution < 1.29 is 4.74 Å². The highest BCUT2D eigenvalue weighted by atomic mass is 16.5. The zero-order valence-electron chi connectivity index (χ0n) is 12.0. The van der Waals surface area contributed by atoms with Gasteiger partial charge in [0.25, 0.3) is 0 Å². The molecule has 2 nitrogen and oxygen atoms in total. The first-order valence-electron chi connectivity index (χ1n) is 6.97. The molecular weight excluding hydrogens is 222 g/mol. The Kier molecular flexibility index (Phi) is 4.41. The van der Waals surface area contributed by atoms with Crippen LogP contribution in [0.4, 0.5) is 0 Å². The molecule has 1 saturated heterocycles. The van der Waals surface area contributed by atoms with Crippen LogP contribution in [-0.4, -0.2) is 19.8 Å². The first kappa shape index (κ1) is 13.6. The second-order valence-corrected chi connectivity index (χ2v) is 5.65. The standard InChI is InChI=1S/C16H25NO/c1-11-7-13(3)16(8-12(11)2)14(4)17-9-15-5-6-18-10-15/h7-8,14-15,17H,5-6,9-10H2,1-4H3. The van der Waals surface area contributed by atoms with Crippen molar-refractivity contribution in [2.45, 2.75) is 40.2 Å². The van der Waals surface area contributed by atoms with E-state index in [4.69, 9.17) is 4.74 Å². The van der Waals surface area contributed by atoms with Crippen LogP contribution >= 0.6 is 0 Å². The summed E-state index contributed by atoms with van der Waals surface area (Å²) in [5, 5.41) is 3.65. The minimum atomic E-state index is 0.421. The summed E-state index contributed by atoms with van der Waals surface area (Å²) in [6.45, 7) is 11.8. The number of hydrogen-bond acceptors (Lipinski definition) is 2. The first-order valence-corrected chi connectivity index (χ1v) is 6.97. The molecule has 1 fully saturated rings. The lowest BCUT2D eigenvalue weighted by atomic mass is 9.96. The second-order valence-electron chi connectivity index (χ2n) is 5.65. The molecule has 2 atom stereocenters. The lowest BCUT2D eigenvalue weighted by Gasteiger charge is -2.20. The van der Waals surface area contributed by atoms with Crippen molar-refractivity contribution in [3.05, 3.63) is 34.4 Å². The van der Waals surface area contributed by atoms with E-state index < -0.39 is 0 Å². The molecule has 2 rings (SSSR count). The molecule has 0 aliphatic carbocycles. The van der Waals surface area contributed by atoms with E-state index in [9.17, 15) is 0 Å². The lowest BCUT2D eigenvalue weighted by Crippen LogP contribution is -2.26. The molecule has 1 aromatic rings. The van der Waals surface area contributed by atoms with Gasteiger partial charge in [0.15, 0.2) is 0 Å². The monoisotopic (exact) mass is 247 g/mol. The van der Waals surface area contributed by atoms with Gasteiger partial charge in [-0.05, 0) is 62.3 Å². The zero-order chi connectivity index (χ0) is 13.1. The summed E-state index contributed by atoms with van der Waals surface area (Å²) in [6.07, 6.45) is 1.20. The molecule has 1 N–H and O–H groups in total. The van der Waals surface area contributed by atoms with Crippen molar-refractivity contribution >= 4 is 0 Å². The highest BCUT2D eigenvalue weighted by molar-refractivity contribution is 5.37. The topological polar surface area (TPSA) is 21.3 Å². The van der Waals surface area contributed by atoms with E-state index in [-0.39, 0.29) is 0 Å². The SMILES string of the molecule is Cc1cc(C)c(C(C)NCC2CCOC2)cc1C. The van der Waals surface area contributed by atoms with Crippen LogP contribution < -0.4 is 5.32 Å². The van der Waals surface area contributed by atoms with Gasteiger partial charge in [0.05, 0.1) is 6.61 Å². The van der Waals surface area contributed by atoms with E-state index in [0.29, 0.717) is 12.0 Å². The van der Waals surface area contributed by atoms with Gasteiger partial charge in [0.2, 0.25) is 0 Å². The molecule has 100 valence electrons. The van der Waals surface area contributed by atoms with Gasteiger partial charge in [0, 0.05) is 19.2 Å². The summed E-state index contributed by atoms with van der Waals surface area (Å²) in [4.78, 5) is 0. The van der Waals surface area contributed by atoms with Crippen LogP contribution in [0.25, 0.3) is 0 Å². The average Bonchev–Trinajstić information content (AvgIpc) is 2.84. The number of ether oxygens (including phenoxy) is 1. The molecule has 1 aliphatic rings. The van der Waals surface area contributed by atoms with Crippen molar-refractivity contribution in [2.75, 3.05) is 19.8 Å². The Morgan fingerprint density at radius 3 is 2.61 bits per heavy atom. The normalized spacial score (nSPS) is 21.2. The quantitative estimate of drug-likeness (QED) is 0.881. The van der Waals surface area contributed by atoms with Gasteiger partial charge >= 0.3 is 0 Å². The molecule has 0 saturated carbocycles. The third-order valence-corrected chi connectivity index (χ3v) is 4.09. The molecule has 0 radical (unpaired) electrons. The van der Waals surface area contributed by atoms with Crippen LogP contribution in [0.5, 0.6) is 0 Å². The third-order valence-electron chi connectivity index (χ3n) is 4.09. The molecule has 2 unspecified atom stereocenters. The molecule has 1 aromatic carbocycles. The second kappa shape index (κ2) is 5.85. The zero-order valence-corrected chi connectivity index (χ0v) is 12.0. The largest absolute Gasteiger partial charge is 0.381 e. The Morgan fingerprint density at radius 1 is 1.22 bits per heavy atom. The lowest BCUT2D eigenvalue weighted by molar-refractivity contribution is 0.184. The molecule has 1 aliphatic heterocycles. The Labute approximate surface area is 111 Å². The summed E-state index contributed by atoms with van der Waals surface area (Å²) in [7, 11) is 0. The fraction of sp³-hybridized carbons (Fsp3) is 0.625. The number of aryl methyl sites for hydroxylation is 3. The molecule has 2 heteroatoms. The highest BCUT2D eigenvalue weighted by Crippen LogP contribution is 2.22. The summed E-state index contributed by atoms with van der Waals surface area (Å²) in [5.41, 5.74) is 5.58. The van der Waals surface area contributed by atoms with Crippen LogP contribution in [0, 0.1) is 26.7 Å². The van der Waals surface area contributed by atoms with E-state index in [1.54, 1.807) is 0 Å². The fourth-order valence-electron chi connectivity index (χ4n) is 2.65. The molecule has 0 amide bonds. The minimum absolute atomic E-state index is 0.421. The van der Waals surface area contributed by atoms with Crippen molar-refractivity contribution in [2.24, 2.45) is 5.92 Å². The van der Waals surface area contributed by atoms with Gasteiger partial charge in [-0.2, -0.15) is 0 Å². The molecule has 0 spiro atoms. The van der Waals surface area contributed by atoms with Crippen LogP contribution in [0.3, 0.4) is 0 Å². The van der Waals surface area contributed by atoms with E-state index in [0.717, 1.165) is 19.8 Å². The number of hydrogen-bond donors (Lipinski definition) is 1. The third kappa shape index (κ3) is 3.12. The van der Waals surface area contributed by atoms with Crippen molar-refractivity contribution in [1.29, 1.82) is 0 Å². The molecular formula is C16H25NO. The van der Waals surface area contributed by atoms with Crippen molar-refractivity contribution in [3.8, 4) is 0 Å². The summed E-state index contributed by atoms with van der Waals surface area (Å²) in [5.74, 6) is 0.694.